The third-order valence-electron chi connectivity index (χ3n) is 12.7. The van der Waals surface area contributed by atoms with Gasteiger partial charge in [0.15, 0.2) is 5.72 Å². The molecule has 10 N–H and O–H groups in total. The summed E-state index contributed by atoms with van der Waals surface area (Å²) in [5, 5.41) is 39.7. The van der Waals surface area contributed by atoms with Crippen LogP contribution in [0.25, 0.3) is 0 Å². The number of ether oxygens (including phenoxy) is 5. The summed E-state index contributed by atoms with van der Waals surface area (Å²) in [6.07, 6.45) is -0.971. The number of nitrogens with one attached hydrogen (secondary N) is 6. The maximum absolute atomic E-state index is 13.8. The number of aliphatic hydroxyl groups excluding tert-OH is 1. The molecule has 10 atom stereocenters. The van der Waals surface area contributed by atoms with E-state index in [4.69, 9.17) is 41.0 Å². The van der Waals surface area contributed by atoms with Gasteiger partial charge in [-0.05, 0) is 81.0 Å². The van der Waals surface area contributed by atoms with Crippen LogP contribution in [0.3, 0.4) is 0 Å². The molecule has 0 spiro atoms. The van der Waals surface area contributed by atoms with Gasteiger partial charge in [0.1, 0.15) is 53.0 Å². The summed E-state index contributed by atoms with van der Waals surface area (Å²) >= 11 is 6.84. The molecule has 1 unspecified atom stereocenters. The number of amides is 7. The van der Waals surface area contributed by atoms with Crippen LogP contribution in [0.5, 0.6) is 5.75 Å². The molecule has 2 aromatic rings. The molecule has 3 heterocycles. The number of halogens is 1. The minimum atomic E-state index is -1.87. The number of allylic oxidation sites excluding steroid dienone is 3. The summed E-state index contributed by atoms with van der Waals surface area (Å²) in [7, 11) is 4.54. The second-order valence-electron chi connectivity index (χ2n) is 18.5. The fourth-order valence-corrected chi connectivity index (χ4v) is 9.00. The van der Waals surface area contributed by atoms with E-state index < -0.39 is 95.9 Å². The lowest BCUT2D eigenvalue weighted by molar-refractivity contribution is -0.142. The first-order chi connectivity index (χ1) is 33.0. The molecule has 0 aliphatic carbocycles. The fourth-order valence-electron chi connectivity index (χ4n) is 8.68. The van der Waals surface area contributed by atoms with Crippen molar-refractivity contribution in [2.24, 2.45) is 17.6 Å². The number of anilines is 3. The number of epoxide rings is 1. The Morgan fingerprint density at radius 1 is 1.06 bits per heavy atom. The lowest BCUT2D eigenvalue weighted by Gasteiger charge is -2.42. The summed E-state index contributed by atoms with van der Waals surface area (Å²) in [6.45, 7) is 10.4. The van der Waals surface area contributed by atoms with Crippen molar-refractivity contribution >= 4 is 64.6 Å². The second-order valence-corrected chi connectivity index (χ2v) is 18.8. The minimum Gasteiger partial charge on any atom is -0.495 e. The minimum absolute atomic E-state index is 0.0831. The maximum Gasteiger partial charge on any atom is 0.412 e. The first kappa shape index (κ1) is 54.8. The van der Waals surface area contributed by atoms with Crippen LogP contribution in [-0.4, -0.2) is 128 Å². The van der Waals surface area contributed by atoms with Crippen molar-refractivity contribution in [3.05, 3.63) is 70.8 Å². The van der Waals surface area contributed by atoms with Crippen molar-refractivity contribution in [3.63, 3.8) is 0 Å². The second kappa shape index (κ2) is 23.7. The van der Waals surface area contributed by atoms with E-state index in [0.29, 0.717) is 23.5 Å². The van der Waals surface area contributed by atoms with Gasteiger partial charge in [0.2, 0.25) is 17.7 Å². The Kier molecular flexibility index (Phi) is 18.5. The van der Waals surface area contributed by atoms with Gasteiger partial charge in [-0.15, -0.1) is 0 Å². The molecule has 3 aliphatic rings. The number of methoxy groups -OCH3 is 2. The number of carbonyl (C=O) groups is 6. The van der Waals surface area contributed by atoms with E-state index >= 15 is 0 Å². The molecule has 4 bridgehead atoms. The number of fused-ring (bicyclic) bond motifs is 5. The molecule has 2 fully saturated rings. The number of hydrogen-bond acceptors (Lipinski definition) is 14. The van der Waals surface area contributed by atoms with Gasteiger partial charge in [0, 0.05) is 57.8 Å². The number of urea groups is 1. The fraction of sp³-hybridized carbons (Fsp3) is 0.542. The third kappa shape index (κ3) is 14.0. The number of aliphatic hydroxyl groups is 2. The van der Waals surface area contributed by atoms with Crippen LogP contribution in [0.15, 0.2) is 60.2 Å². The number of hydrogen-bond donors (Lipinski definition) is 9. The number of alkyl carbamates (subject to hydrolysis) is 1. The normalized spacial score (nSPS) is 27.6. The average Bonchev–Trinajstić information content (AvgIpc) is 3.99. The highest BCUT2D eigenvalue weighted by atomic mass is 35.5. The summed E-state index contributed by atoms with van der Waals surface area (Å²) in [5.41, 5.74) is 4.82. The quantitative estimate of drug-likeness (QED) is 0.0948. The Morgan fingerprint density at radius 2 is 1.73 bits per heavy atom. The summed E-state index contributed by atoms with van der Waals surface area (Å²) in [6, 6.07) is 6.95. The highest BCUT2D eigenvalue weighted by molar-refractivity contribution is 6.34. The molecule has 0 radical (unpaired) electrons. The predicted molar refractivity (Wildman–Crippen MR) is 260 cm³/mol. The summed E-state index contributed by atoms with van der Waals surface area (Å²) in [4.78, 5) is 78.2. The summed E-state index contributed by atoms with van der Waals surface area (Å²) in [5.74, 6) is -2.05. The highest BCUT2D eigenvalue weighted by Crippen LogP contribution is 2.49. The van der Waals surface area contributed by atoms with E-state index in [9.17, 15) is 39.0 Å². The van der Waals surface area contributed by atoms with E-state index in [0.717, 1.165) is 11.1 Å². The van der Waals surface area contributed by atoms with Crippen LogP contribution in [-0.2, 0) is 39.8 Å². The van der Waals surface area contributed by atoms with E-state index in [2.05, 4.69) is 31.9 Å². The number of nitrogens with two attached hydrogens (primary N) is 1. The average molecular weight is 1000 g/mol. The Labute approximate surface area is 412 Å². The highest BCUT2D eigenvalue weighted by Gasteiger charge is 2.64. The smallest absolute Gasteiger partial charge is 0.412 e. The Hall–Kier alpha value is -6.13. The Morgan fingerprint density at radius 3 is 2.34 bits per heavy atom. The molecule has 2 aromatic carbocycles. The molecule has 3 aliphatic heterocycles. The van der Waals surface area contributed by atoms with Crippen molar-refractivity contribution in [3.8, 4) is 5.75 Å². The zero-order valence-electron chi connectivity index (χ0n) is 40.9. The van der Waals surface area contributed by atoms with Gasteiger partial charge in [-0.3, -0.25) is 25.0 Å². The summed E-state index contributed by atoms with van der Waals surface area (Å²) < 4.78 is 29.4. The van der Waals surface area contributed by atoms with Gasteiger partial charge in [-0.25, -0.2) is 14.4 Å². The largest absolute Gasteiger partial charge is 0.495 e. The first-order valence-corrected chi connectivity index (χ1v) is 23.4. The van der Waals surface area contributed by atoms with E-state index in [1.165, 1.54) is 45.4 Å². The Bertz CT molecular complexity index is 2300. The van der Waals surface area contributed by atoms with E-state index in [-0.39, 0.29) is 48.9 Å². The zero-order valence-corrected chi connectivity index (χ0v) is 41.7. The molecule has 2 saturated heterocycles. The van der Waals surface area contributed by atoms with Crippen LogP contribution in [0.2, 0.25) is 5.02 Å². The molecular weight excluding hydrogens is 932 g/mol. The topological polar surface area (TPSA) is 294 Å². The molecule has 22 heteroatoms. The van der Waals surface area contributed by atoms with Gasteiger partial charge >= 0.3 is 18.2 Å². The van der Waals surface area contributed by atoms with Crippen LogP contribution < -0.4 is 47.3 Å². The Balaban J connectivity index is 1.38. The van der Waals surface area contributed by atoms with Crippen molar-refractivity contribution in [2.45, 2.75) is 128 Å². The zero-order chi connectivity index (χ0) is 51.7. The van der Waals surface area contributed by atoms with Gasteiger partial charge in [0.05, 0.1) is 18.9 Å². The maximum atomic E-state index is 13.8. The van der Waals surface area contributed by atoms with E-state index in [1.807, 2.05) is 19.1 Å². The lowest BCUT2D eigenvalue weighted by Crippen LogP contribution is -2.63. The molecule has 7 amide bonds. The molecule has 21 nitrogen and oxygen atoms in total. The van der Waals surface area contributed by atoms with Gasteiger partial charge in [0.25, 0.3) is 0 Å². The number of nitrogens with zero attached hydrogens (tertiary/aromatic N) is 1. The van der Waals surface area contributed by atoms with Crippen LogP contribution in [0, 0.1) is 11.8 Å². The first-order valence-electron chi connectivity index (χ1n) is 23.0. The van der Waals surface area contributed by atoms with Crippen LogP contribution in [0.4, 0.5) is 31.4 Å². The molecule has 0 saturated carbocycles. The molecule has 5 rings (SSSR count). The predicted octanol–water partition coefficient (Wildman–Crippen LogP) is 4.20. The monoisotopic (exact) mass is 998 g/mol. The van der Waals surface area contributed by atoms with Crippen LogP contribution in [0.1, 0.15) is 72.8 Å². The van der Waals surface area contributed by atoms with Gasteiger partial charge in [-0.1, -0.05) is 56.2 Å². The molecular formula is C48H67ClN8O13. The van der Waals surface area contributed by atoms with Crippen LogP contribution >= 0.6 is 11.6 Å². The number of rotatable bonds is 14. The standard InChI is InChI=1S/C48H67ClN8O13/c1-25(2)40(52-28(5)58)43(61)55-32(13-11-19-51-44(50)62)42(60)53-30-15-17-31(18-16-30)54-45(63)69-37-23-38(59)57(7)33-21-29(22-34(66-8)39(33)49)20-26(3)12-10-14-36(67-9)48(65)24-35(68-46(64)56-48)27(4)41-47(37,6)70-41/h10,12,14-18,21-22,25,27,32,35-38,40-41,59,65H,11,13,19-20,23-24H2,1-9H3,(H,52,58)(H,53,60)(H,54,63)(H,55,61)(H,56,64)(H3,50,51,62)/b14-10+,26-12+/t27-,32+,35+,36-,37+,38?,40+,41+,47+,48+/m1/s1. The van der Waals surface area contributed by atoms with Gasteiger partial charge in [-0.2, -0.15) is 0 Å². The SMILES string of the molecule is COc1cc2cc(c1Cl)N(C)C(O)C[C@H](OC(=O)Nc1ccc(NC(=O)[C@H](CCCNC(N)=O)NC(=O)[C@@H](NC(C)=O)C(C)C)cc1)[C@]1(C)O[C@H]1[C@H](C)[C@@H]1C[C@@](O)(NC(=O)O1)[C@H](OC)/C=C/C=C(\C)C2. The molecule has 0 aromatic heterocycles. The third-order valence-corrected chi connectivity index (χ3v) is 13.0. The lowest BCUT2D eigenvalue weighted by atomic mass is 9.83. The van der Waals surface area contributed by atoms with Crippen molar-refractivity contribution in [1.29, 1.82) is 0 Å². The number of primary amides is 1. The number of carbonyl (C=O) groups excluding carboxylic acids is 6. The molecule has 70 heavy (non-hydrogen) atoms. The van der Waals surface area contributed by atoms with Crippen molar-refractivity contribution in [1.82, 2.24) is 21.3 Å². The van der Waals surface area contributed by atoms with E-state index in [1.54, 1.807) is 57.9 Å². The van der Waals surface area contributed by atoms with Crippen molar-refractivity contribution in [2.75, 3.05) is 43.3 Å². The van der Waals surface area contributed by atoms with Gasteiger partial charge < -0.3 is 65.8 Å². The van der Waals surface area contributed by atoms with Crippen molar-refractivity contribution < 1.29 is 62.7 Å². The number of benzene rings is 2. The molecule has 384 valence electrons.